The number of aromatic nitrogens is 1. The first-order valence-corrected chi connectivity index (χ1v) is 13.4. The molecular formula is C29H43NO. The molecule has 2 unspecified atom stereocenters. The van der Waals surface area contributed by atoms with Gasteiger partial charge in [0, 0.05) is 24.4 Å². The molecule has 6 rings (SSSR count). The van der Waals surface area contributed by atoms with E-state index in [4.69, 9.17) is 4.74 Å². The van der Waals surface area contributed by atoms with E-state index in [9.17, 15) is 0 Å². The minimum absolute atomic E-state index is 0.536. The third-order valence-corrected chi connectivity index (χ3v) is 12.2. The van der Waals surface area contributed by atoms with E-state index in [1.165, 1.54) is 63.5 Å². The maximum Gasteiger partial charge on any atom is 0.0638 e. The van der Waals surface area contributed by atoms with Crippen LogP contribution >= 0.6 is 0 Å². The maximum atomic E-state index is 6.30. The van der Waals surface area contributed by atoms with Crippen molar-refractivity contribution in [1.82, 2.24) is 4.98 Å². The van der Waals surface area contributed by atoms with Crippen molar-refractivity contribution in [2.45, 2.75) is 91.1 Å². The summed E-state index contributed by atoms with van der Waals surface area (Å²) in [6, 6.07) is 6.37. The first-order valence-electron chi connectivity index (χ1n) is 13.4. The first-order chi connectivity index (χ1) is 14.9. The molecule has 5 aliphatic carbocycles. The van der Waals surface area contributed by atoms with Crippen molar-refractivity contribution in [2.24, 2.45) is 51.8 Å². The molecule has 0 N–H and O–H groups in total. The van der Waals surface area contributed by atoms with Crippen molar-refractivity contribution in [2.75, 3.05) is 7.11 Å². The number of hydrogen-bond donors (Lipinski definition) is 0. The molecule has 2 heteroatoms. The van der Waals surface area contributed by atoms with Crippen LogP contribution in [0, 0.1) is 51.8 Å². The van der Waals surface area contributed by atoms with Gasteiger partial charge in [0.25, 0.3) is 0 Å². The molecular weight excluding hydrogens is 378 g/mol. The Morgan fingerprint density at radius 3 is 2.71 bits per heavy atom. The highest BCUT2D eigenvalue weighted by molar-refractivity contribution is 5.26. The van der Waals surface area contributed by atoms with Crippen LogP contribution < -0.4 is 0 Å². The molecule has 170 valence electrons. The van der Waals surface area contributed by atoms with E-state index >= 15 is 0 Å². The highest BCUT2D eigenvalue weighted by Gasteiger charge is 2.77. The van der Waals surface area contributed by atoms with E-state index in [1.807, 2.05) is 19.4 Å². The van der Waals surface area contributed by atoms with E-state index in [0.29, 0.717) is 22.3 Å². The topological polar surface area (TPSA) is 22.1 Å². The van der Waals surface area contributed by atoms with Crippen molar-refractivity contribution < 1.29 is 4.74 Å². The Bertz CT molecular complexity index is 823. The fourth-order valence-electron chi connectivity index (χ4n) is 10.7. The van der Waals surface area contributed by atoms with Gasteiger partial charge in [0.2, 0.25) is 0 Å². The minimum Gasteiger partial charge on any atom is -0.381 e. The second-order valence-electron chi connectivity index (χ2n) is 12.8. The highest BCUT2D eigenvalue weighted by atomic mass is 16.5. The Labute approximate surface area is 189 Å². The average molecular weight is 422 g/mol. The van der Waals surface area contributed by atoms with Crippen molar-refractivity contribution in [1.29, 1.82) is 0 Å². The number of hydrogen-bond acceptors (Lipinski definition) is 2. The summed E-state index contributed by atoms with van der Waals surface area (Å²) >= 11 is 0. The largest absolute Gasteiger partial charge is 0.381 e. The van der Waals surface area contributed by atoms with E-state index in [0.717, 1.165) is 41.9 Å². The van der Waals surface area contributed by atoms with Gasteiger partial charge in [0.05, 0.1) is 6.10 Å². The van der Waals surface area contributed by atoms with Crippen molar-refractivity contribution in [3.63, 3.8) is 0 Å². The Hall–Kier alpha value is -0.890. The molecule has 1 heterocycles. The van der Waals surface area contributed by atoms with Crippen LogP contribution in [0.25, 0.3) is 0 Å². The Morgan fingerprint density at radius 1 is 1.10 bits per heavy atom. The molecule has 0 radical (unpaired) electrons. The molecule has 10 atom stereocenters. The molecule has 0 aliphatic heterocycles. The summed E-state index contributed by atoms with van der Waals surface area (Å²) in [5.41, 5.74) is 2.94. The van der Waals surface area contributed by atoms with E-state index < -0.39 is 0 Å². The van der Waals surface area contributed by atoms with E-state index in [2.05, 4.69) is 37.9 Å². The molecule has 1 spiro atoms. The molecule has 0 amide bonds. The molecule has 1 aromatic heterocycles. The zero-order chi connectivity index (χ0) is 21.4. The predicted molar refractivity (Wildman–Crippen MR) is 126 cm³/mol. The second kappa shape index (κ2) is 7.05. The fourth-order valence-corrected chi connectivity index (χ4v) is 10.7. The molecule has 2 nitrogen and oxygen atoms in total. The summed E-state index contributed by atoms with van der Waals surface area (Å²) < 4.78 is 6.30. The quantitative estimate of drug-likeness (QED) is 0.514. The summed E-state index contributed by atoms with van der Waals surface area (Å²) in [7, 11) is 2.02. The van der Waals surface area contributed by atoms with Gasteiger partial charge in [-0.3, -0.25) is 4.98 Å². The zero-order valence-corrected chi connectivity index (χ0v) is 20.3. The molecule has 5 saturated carbocycles. The molecule has 0 bridgehead atoms. The zero-order valence-electron chi connectivity index (χ0n) is 20.3. The van der Waals surface area contributed by atoms with Crippen LogP contribution in [0.15, 0.2) is 24.4 Å². The van der Waals surface area contributed by atoms with E-state index in [1.54, 1.807) is 0 Å². The third kappa shape index (κ3) is 2.69. The van der Waals surface area contributed by atoms with Crippen LogP contribution in [-0.2, 0) is 11.2 Å². The van der Waals surface area contributed by atoms with Gasteiger partial charge in [-0.15, -0.1) is 0 Å². The van der Waals surface area contributed by atoms with Crippen LogP contribution in [0.3, 0.4) is 0 Å². The number of ether oxygens (including phenoxy) is 1. The molecule has 0 aromatic carbocycles. The lowest BCUT2D eigenvalue weighted by Crippen LogP contribution is -2.57. The smallest absolute Gasteiger partial charge is 0.0638 e. The number of pyridine rings is 1. The Balaban J connectivity index is 1.22. The summed E-state index contributed by atoms with van der Waals surface area (Å²) in [6.45, 7) is 7.95. The highest BCUT2D eigenvalue weighted by Crippen LogP contribution is 2.82. The molecule has 5 fully saturated rings. The first kappa shape index (κ1) is 20.7. The van der Waals surface area contributed by atoms with Crippen LogP contribution in [0.5, 0.6) is 0 Å². The Morgan fingerprint density at radius 2 is 1.97 bits per heavy atom. The van der Waals surface area contributed by atoms with Crippen LogP contribution in [0.1, 0.15) is 84.3 Å². The summed E-state index contributed by atoms with van der Waals surface area (Å²) in [6.07, 6.45) is 16.6. The fraction of sp³-hybridized carbons (Fsp3) is 0.828. The maximum absolute atomic E-state index is 6.30. The number of aryl methyl sites for hydroxylation is 1. The number of methoxy groups -OCH3 is 1. The summed E-state index contributed by atoms with van der Waals surface area (Å²) in [4.78, 5) is 4.58. The number of rotatable bonds is 5. The van der Waals surface area contributed by atoms with Gasteiger partial charge in [0.1, 0.15) is 0 Å². The van der Waals surface area contributed by atoms with Gasteiger partial charge >= 0.3 is 0 Å². The average Bonchev–Trinajstić information content (AvgIpc) is 3.29. The summed E-state index contributed by atoms with van der Waals surface area (Å²) in [5.74, 6) is 5.48. The van der Waals surface area contributed by atoms with Crippen molar-refractivity contribution in [3.05, 3.63) is 30.1 Å². The molecule has 0 saturated heterocycles. The van der Waals surface area contributed by atoms with Crippen LogP contribution in [0.2, 0.25) is 0 Å². The number of nitrogens with zero attached hydrogens (tertiary/aromatic N) is 1. The third-order valence-electron chi connectivity index (χ3n) is 12.2. The van der Waals surface area contributed by atoms with Gasteiger partial charge in [-0.25, -0.2) is 0 Å². The van der Waals surface area contributed by atoms with Crippen molar-refractivity contribution in [3.8, 4) is 0 Å². The SMILES string of the molecule is COC1C[C@H]2[C@@H]3CC[C@H]([C@H](C)CCc4ccccn4)[C@@]3(C)CC[C@@H]2[C@@]2(C)CC[C@@H]3CC132. The van der Waals surface area contributed by atoms with Gasteiger partial charge < -0.3 is 4.74 Å². The predicted octanol–water partition coefficient (Wildman–Crippen LogP) is 6.93. The summed E-state index contributed by atoms with van der Waals surface area (Å²) in [5, 5.41) is 0. The van der Waals surface area contributed by atoms with Crippen molar-refractivity contribution >= 4 is 0 Å². The molecule has 1 aromatic rings. The Kier molecular flexibility index (Phi) is 4.71. The normalized spacial score (nSPS) is 50.8. The van der Waals surface area contributed by atoms with E-state index in [-0.39, 0.29) is 0 Å². The lowest BCUT2D eigenvalue weighted by Gasteiger charge is -2.61. The second-order valence-corrected chi connectivity index (χ2v) is 12.8. The van der Waals surface area contributed by atoms with Crippen LogP contribution in [-0.4, -0.2) is 18.2 Å². The van der Waals surface area contributed by atoms with Gasteiger partial charge in [-0.05, 0) is 123 Å². The lowest BCUT2D eigenvalue weighted by atomic mass is 9.45. The molecule has 5 aliphatic rings. The van der Waals surface area contributed by atoms with Gasteiger partial charge in [-0.2, -0.15) is 0 Å². The number of fused-ring (bicyclic) bond motifs is 4. The monoisotopic (exact) mass is 421 g/mol. The minimum atomic E-state index is 0.536. The molecule has 31 heavy (non-hydrogen) atoms. The standard InChI is InChI=1S/C29H43NO/c1-19(8-9-21-7-5-6-16-30-21)23-10-11-24-22-17-26(31-4)29-18-20(29)12-15-28(29,3)25(22)13-14-27(23,24)2/h5-7,16,19-20,22-26H,8-15,17-18H2,1-4H3/t19-,20-,22+,23-,24+,25+,26?,27-,28-,29?/m1/s1. The van der Waals surface area contributed by atoms with Gasteiger partial charge in [0.15, 0.2) is 0 Å². The van der Waals surface area contributed by atoms with Crippen LogP contribution in [0.4, 0.5) is 0 Å². The lowest BCUT2D eigenvalue weighted by molar-refractivity contribution is -0.161. The van der Waals surface area contributed by atoms with Gasteiger partial charge in [-0.1, -0.05) is 26.8 Å².